The van der Waals surface area contributed by atoms with E-state index in [0.717, 1.165) is 27.1 Å². The van der Waals surface area contributed by atoms with Crippen molar-refractivity contribution in [3.63, 3.8) is 0 Å². The molecule has 4 aromatic rings. The molecule has 0 bridgehead atoms. The highest BCUT2D eigenvalue weighted by atomic mass is 32.1. The number of benzene rings is 2. The minimum Gasteiger partial charge on any atom is -0.456 e. The predicted molar refractivity (Wildman–Crippen MR) is 127 cm³/mol. The lowest BCUT2D eigenvalue weighted by molar-refractivity contribution is 0.00578. The van der Waals surface area contributed by atoms with Gasteiger partial charge in [-0.25, -0.2) is 0 Å². The van der Waals surface area contributed by atoms with Crippen LogP contribution < -0.4 is 5.46 Å². The van der Waals surface area contributed by atoms with E-state index in [1.165, 1.54) is 15.6 Å². The van der Waals surface area contributed by atoms with Gasteiger partial charge in [0.15, 0.2) is 0 Å². The summed E-state index contributed by atoms with van der Waals surface area (Å²) in [6, 6.07) is 17.1. The van der Waals surface area contributed by atoms with Crippen LogP contribution in [0.5, 0.6) is 0 Å². The number of rotatable bonds is 3. The summed E-state index contributed by atoms with van der Waals surface area (Å²) in [6.07, 6.45) is 0. The summed E-state index contributed by atoms with van der Waals surface area (Å²) in [5, 5.41) is 2.28. The topological polar surface area (TPSA) is 31.6 Å². The lowest BCUT2D eigenvalue weighted by Crippen LogP contribution is -2.41. The van der Waals surface area contributed by atoms with Crippen molar-refractivity contribution in [2.24, 2.45) is 0 Å². The van der Waals surface area contributed by atoms with Gasteiger partial charge in [0, 0.05) is 15.5 Å². The van der Waals surface area contributed by atoms with Gasteiger partial charge in [-0.1, -0.05) is 44.2 Å². The van der Waals surface area contributed by atoms with Gasteiger partial charge in [0.05, 0.1) is 16.1 Å². The fourth-order valence-corrected chi connectivity index (χ4v) is 5.02. The molecule has 0 spiro atoms. The van der Waals surface area contributed by atoms with Gasteiger partial charge in [-0.3, -0.25) is 0 Å². The lowest BCUT2D eigenvalue weighted by atomic mass is 9.76. The normalized spacial score (nSPS) is 18.2. The molecule has 2 aromatic carbocycles. The summed E-state index contributed by atoms with van der Waals surface area (Å²) in [5.41, 5.74) is 2.33. The molecule has 30 heavy (non-hydrogen) atoms. The van der Waals surface area contributed by atoms with Crippen LogP contribution in [-0.4, -0.2) is 18.3 Å². The first-order valence-corrected chi connectivity index (χ1v) is 11.4. The second-order valence-electron chi connectivity index (χ2n) is 9.49. The van der Waals surface area contributed by atoms with Crippen molar-refractivity contribution in [3.05, 3.63) is 54.1 Å². The molecule has 0 aliphatic carbocycles. The summed E-state index contributed by atoms with van der Waals surface area (Å²) in [5.74, 6) is 1.29. The lowest BCUT2D eigenvalue weighted by Gasteiger charge is -2.32. The molecule has 0 unspecified atom stereocenters. The number of hydrogen-bond donors (Lipinski definition) is 0. The van der Waals surface area contributed by atoms with E-state index in [2.05, 4.69) is 90.1 Å². The zero-order valence-electron chi connectivity index (χ0n) is 18.4. The van der Waals surface area contributed by atoms with E-state index in [4.69, 9.17) is 13.7 Å². The standard InChI is InChI=1S/C25H27BO3S/c1-15(2)16-11-12-18-19(13-16)27-23(21-14-17-9-7-8-10-20(17)30-21)22(18)26-28-24(3,4)25(5,6)29-26/h7-15H,1-6H3. The molecule has 3 heterocycles. The Kier molecular flexibility index (Phi) is 4.44. The quantitative estimate of drug-likeness (QED) is 0.346. The largest absolute Gasteiger partial charge is 0.499 e. The molecule has 1 aliphatic rings. The van der Waals surface area contributed by atoms with Crippen molar-refractivity contribution in [1.82, 2.24) is 0 Å². The van der Waals surface area contributed by atoms with Crippen LogP contribution in [0.1, 0.15) is 53.0 Å². The van der Waals surface area contributed by atoms with Crippen LogP contribution >= 0.6 is 11.3 Å². The highest BCUT2D eigenvalue weighted by Crippen LogP contribution is 2.41. The Morgan fingerprint density at radius 2 is 1.60 bits per heavy atom. The summed E-state index contributed by atoms with van der Waals surface area (Å²) in [6.45, 7) is 12.8. The van der Waals surface area contributed by atoms with Gasteiger partial charge in [0.1, 0.15) is 11.3 Å². The Labute approximate surface area is 182 Å². The van der Waals surface area contributed by atoms with Gasteiger partial charge in [-0.15, -0.1) is 11.3 Å². The molecule has 0 atom stereocenters. The average molecular weight is 418 g/mol. The Hall–Kier alpha value is -2.08. The van der Waals surface area contributed by atoms with Crippen molar-refractivity contribution in [3.8, 4) is 10.6 Å². The van der Waals surface area contributed by atoms with Gasteiger partial charge >= 0.3 is 7.12 Å². The molecule has 5 rings (SSSR count). The molecule has 2 aromatic heterocycles. The van der Waals surface area contributed by atoms with Crippen molar-refractivity contribution in [2.75, 3.05) is 0 Å². The predicted octanol–water partition coefficient (Wildman–Crippen LogP) is 6.74. The average Bonchev–Trinajstić information content (AvgIpc) is 3.32. The van der Waals surface area contributed by atoms with Crippen molar-refractivity contribution >= 4 is 45.0 Å². The second-order valence-corrected chi connectivity index (χ2v) is 10.6. The monoisotopic (exact) mass is 418 g/mol. The number of furan rings is 1. The van der Waals surface area contributed by atoms with Crippen molar-refractivity contribution in [2.45, 2.75) is 58.7 Å². The van der Waals surface area contributed by atoms with Gasteiger partial charge < -0.3 is 13.7 Å². The van der Waals surface area contributed by atoms with E-state index in [9.17, 15) is 0 Å². The third-order valence-electron chi connectivity index (χ3n) is 6.56. The van der Waals surface area contributed by atoms with E-state index in [0.29, 0.717) is 5.92 Å². The second kappa shape index (κ2) is 6.71. The maximum absolute atomic E-state index is 6.50. The first-order valence-electron chi connectivity index (χ1n) is 10.6. The molecule has 1 fully saturated rings. The SMILES string of the molecule is CC(C)c1ccc2c(B3OC(C)(C)C(C)(C)O3)c(-c3cc4ccccc4s3)oc2c1. The zero-order valence-corrected chi connectivity index (χ0v) is 19.2. The first kappa shape index (κ1) is 19.9. The Bertz CT molecular complexity index is 1200. The Morgan fingerprint density at radius 3 is 2.27 bits per heavy atom. The van der Waals surface area contributed by atoms with Crippen LogP contribution in [0.4, 0.5) is 0 Å². The van der Waals surface area contributed by atoms with Crippen molar-refractivity contribution < 1.29 is 13.7 Å². The minimum atomic E-state index is -0.471. The number of thiophene rings is 1. The number of hydrogen-bond acceptors (Lipinski definition) is 4. The van der Waals surface area contributed by atoms with Gasteiger partial charge in [0.25, 0.3) is 0 Å². The van der Waals surface area contributed by atoms with Crippen LogP contribution in [0.15, 0.2) is 52.9 Å². The third kappa shape index (κ3) is 3.03. The smallest absolute Gasteiger partial charge is 0.456 e. The highest BCUT2D eigenvalue weighted by molar-refractivity contribution is 7.22. The summed E-state index contributed by atoms with van der Waals surface area (Å²) in [7, 11) is -0.471. The van der Waals surface area contributed by atoms with Crippen LogP contribution in [0.2, 0.25) is 0 Å². The fraction of sp³-hybridized carbons (Fsp3) is 0.360. The van der Waals surface area contributed by atoms with Crippen LogP contribution in [0.3, 0.4) is 0 Å². The molecule has 1 saturated heterocycles. The first-order chi connectivity index (χ1) is 14.2. The van der Waals surface area contributed by atoms with E-state index >= 15 is 0 Å². The summed E-state index contributed by atoms with van der Waals surface area (Å²) < 4.78 is 20.7. The molecule has 5 heteroatoms. The summed E-state index contributed by atoms with van der Waals surface area (Å²) >= 11 is 1.74. The molecular weight excluding hydrogens is 391 g/mol. The molecule has 0 N–H and O–H groups in total. The van der Waals surface area contributed by atoms with Gasteiger partial charge in [0.2, 0.25) is 0 Å². The van der Waals surface area contributed by atoms with E-state index in [1.54, 1.807) is 11.3 Å². The maximum atomic E-state index is 6.50. The Morgan fingerprint density at radius 1 is 0.900 bits per heavy atom. The Balaban J connectivity index is 1.73. The molecule has 1 aliphatic heterocycles. The minimum absolute atomic E-state index is 0.406. The van der Waals surface area contributed by atoms with E-state index < -0.39 is 18.3 Å². The molecule has 154 valence electrons. The fourth-order valence-electron chi connectivity index (χ4n) is 3.96. The molecule has 3 nitrogen and oxygen atoms in total. The summed E-state index contributed by atoms with van der Waals surface area (Å²) in [4.78, 5) is 1.10. The van der Waals surface area contributed by atoms with Gasteiger partial charge in [-0.2, -0.15) is 0 Å². The highest BCUT2D eigenvalue weighted by Gasteiger charge is 2.53. The van der Waals surface area contributed by atoms with Crippen LogP contribution in [0.25, 0.3) is 31.7 Å². The van der Waals surface area contributed by atoms with Crippen LogP contribution in [-0.2, 0) is 9.31 Å². The molecular formula is C25H27BO3S. The van der Waals surface area contributed by atoms with E-state index in [-0.39, 0.29) is 0 Å². The number of fused-ring (bicyclic) bond motifs is 2. The van der Waals surface area contributed by atoms with Crippen LogP contribution in [0, 0.1) is 0 Å². The van der Waals surface area contributed by atoms with Gasteiger partial charge in [-0.05, 0) is 62.8 Å². The third-order valence-corrected chi connectivity index (χ3v) is 7.67. The van der Waals surface area contributed by atoms with Crippen molar-refractivity contribution in [1.29, 1.82) is 0 Å². The van der Waals surface area contributed by atoms with E-state index in [1.807, 2.05) is 0 Å². The molecule has 0 radical (unpaired) electrons. The molecule has 0 amide bonds. The maximum Gasteiger partial charge on any atom is 0.499 e. The molecule has 0 saturated carbocycles. The zero-order chi connectivity index (χ0) is 21.3.